The molecule has 5 heteroatoms. The molecule has 2 N–H and O–H groups in total. The molecule has 84 valence electrons. The lowest BCUT2D eigenvalue weighted by Crippen LogP contribution is -2.10. The van der Waals surface area contributed by atoms with Gasteiger partial charge in [-0.2, -0.15) is 0 Å². The number of unbranched alkanes of at least 4 members (excludes halogenated alkanes) is 1. The Labute approximate surface area is 94.7 Å². The molecular weight excluding hydrogens is 203 g/mol. The van der Waals surface area contributed by atoms with Crippen LogP contribution in [-0.2, 0) is 6.54 Å². The summed E-state index contributed by atoms with van der Waals surface area (Å²) in [6.07, 6.45) is 4.01. The first kappa shape index (κ1) is 11.2. The van der Waals surface area contributed by atoms with Crippen molar-refractivity contribution in [2.24, 2.45) is 0 Å². The fourth-order valence-electron chi connectivity index (χ4n) is 1.80. The maximum Gasteiger partial charge on any atom is 0.451 e. The Morgan fingerprint density at radius 1 is 1.19 bits per heavy atom. The van der Waals surface area contributed by atoms with Gasteiger partial charge in [0.1, 0.15) is 0 Å². The van der Waals surface area contributed by atoms with Crippen LogP contribution in [0.25, 0.3) is 11.0 Å². The third kappa shape index (κ3) is 2.62. The summed E-state index contributed by atoms with van der Waals surface area (Å²) in [4.78, 5) is 4.30. The number of fused-ring (bicyclic) bond motifs is 1. The van der Waals surface area contributed by atoms with Gasteiger partial charge in [0.2, 0.25) is 0 Å². The lowest BCUT2D eigenvalue weighted by Gasteiger charge is -2.03. The molecule has 0 fully saturated rings. The monoisotopic (exact) mass is 218 g/mol. The lowest BCUT2D eigenvalue weighted by atomic mass is 9.84. The molecule has 0 spiro atoms. The van der Waals surface area contributed by atoms with Gasteiger partial charge in [-0.25, -0.2) is 4.98 Å². The van der Waals surface area contributed by atoms with E-state index in [0.717, 1.165) is 30.4 Å². The zero-order chi connectivity index (χ0) is 11.4. The van der Waals surface area contributed by atoms with E-state index >= 15 is 0 Å². The highest BCUT2D eigenvalue weighted by Crippen LogP contribution is 2.13. The van der Waals surface area contributed by atoms with Crippen molar-refractivity contribution in [3.05, 3.63) is 30.6 Å². The minimum atomic E-state index is -1.18. The van der Waals surface area contributed by atoms with Crippen molar-refractivity contribution >= 4 is 18.2 Å². The van der Waals surface area contributed by atoms with Gasteiger partial charge in [0.05, 0.1) is 17.4 Å². The van der Waals surface area contributed by atoms with Gasteiger partial charge in [-0.3, -0.25) is 0 Å². The van der Waals surface area contributed by atoms with E-state index in [0.29, 0.717) is 6.32 Å². The van der Waals surface area contributed by atoms with E-state index in [1.165, 1.54) is 0 Å². The van der Waals surface area contributed by atoms with E-state index in [2.05, 4.69) is 9.55 Å². The van der Waals surface area contributed by atoms with E-state index in [4.69, 9.17) is 10.0 Å². The minimum Gasteiger partial charge on any atom is -0.427 e. The third-order valence-corrected chi connectivity index (χ3v) is 2.64. The molecule has 1 aromatic carbocycles. The Morgan fingerprint density at radius 2 is 2.00 bits per heavy atom. The predicted molar refractivity (Wildman–Crippen MR) is 64.0 cm³/mol. The molecule has 0 aliphatic rings. The van der Waals surface area contributed by atoms with E-state index in [9.17, 15) is 0 Å². The molecule has 2 aromatic rings. The Morgan fingerprint density at radius 3 is 2.81 bits per heavy atom. The number of imidazole rings is 1. The van der Waals surface area contributed by atoms with Crippen LogP contribution in [0.3, 0.4) is 0 Å². The second-order valence-electron chi connectivity index (χ2n) is 3.90. The second kappa shape index (κ2) is 5.14. The van der Waals surface area contributed by atoms with Gasteiger partial charge in [0.15, 0.2) is 0 Å². The quantitative estimate of drug-likeness (QED) is 0.587. The molecule has 4 nitrogen and oxygen atoms in total. The molecule has 1 aromatic heterocycles. The molecule has 0 bridgehead atoms. The first-order valence-electron chi connectivity index (χ1n) is 5.53. The maximum atomic E-state index is 8.72. The number of rotatable bonds is 5. The topological polar surface area (TPSA) is 58.3 Å². The summed E-state index contributed by atoms with van der Waals surface area (Å²) < 4.78 is 2.10. The van der Waals surface area contributed by atoms with Crippen molar-refractivity contribution < 1.29 is 10.0 Å². The Bertz CT molecular complexity index is 456. The Kier molecular flexibility index (Phi) is 3.59. The average molecular weight is 218 g/mol. The first-order valence-corrected chi connectivity index (χ1v) is 5.53. The molecule has 16 heavy (non-hydrogen) atoms. The van der Waals surface area contributed by atoms with Crippen molar-refractivity contribution in [1.82, 2.24) is 9.55 Å². The van der Waals surface area contributed by atoms with Crippen LogP contribution in [-0.4, -0.2) is 26.7 Å². The van der Waals surface area contributed by atoms with Gasteiger partial charge < -0.3 is 14.6 Å². The third-order valence-electron chi connectivity index (χ3n) is 2.64. The van der Waals surface area contributed by atoms with Gasteiger partial charge in [0, 0.05) is 6.54 Å². The van der Waals surface area contributed by atoms with E-state index in [1.54, 1.807) is 0 Å². The molecule has 0 aliphatic heterocycles. The van der Waals surface area contributed by atoms with Gasteiger partial charge in [0.25, 0.3) is 0 Å². The van der Waals surface area contributed by atoms with Gasteiger partial charge in [-0.1, -0.05) is 18.6 Å². The summed E-state index contributed by atoms with van der Waals surface area (Å²) in [5, 5.41) is 17.4. The SMILES string of the molecule is OB(O)CCCCn1cnc2ccccc21. The average Bonchev–Trinajstić information content (AvgIpc) is 2.68. The second-order valence-corrected chi connectivity index (χ2v) is 3.90. The number of hydrogen-bond donors (Lipinski definition) is 2. The van der Waals surface area contributed by atoms with Crippen LogP contribution in [0.4, 0.5) is 0 Å². The largest absolute Gasteiger partial charge is 0.451 e. The van der Waals surface area contributed by atoms with Crippen molar-refractivity contribution in [2.75, 3.05) is 0 Å². The number of aryl methyl sites for hydroxylation is 1. The molecule has 0 saturated carbocycles. The zero-order valence-electron chi connectivity index (χ0n) is 9.08. The minimum absolute atomic E-state index is 0.437. The standard InChI is InChI=1S/C11H15BN2O2/c15-12(16)7-3-4-8-14-9-13-10-5-1-2-6-11(10)14/h1-2,5-6,9,15-16H,3-4,7-8H2. The van der Waals surface area contributed by atoms with Gasteiger partial charge >= 0.3 is 7.12 Å². The molecule has 0 unspecified atom stereocenters. The molecule has 0 saturated heterocycles. The number of benzene rings is 1. The summed E-state index contributed by atoms with van der Waals surface area (Å²) in [6.45, 7) is 0.868. The van der Waals surface area contributed by atoms with E-state index in [-0.39, 0.29) is 0 Å². The number of para-hydroxylation sites is 2. The van der Waals surface area contributed by atoms with Crippen LogP contribution >= 0.6 is 0 Å². The van der Waals surface area contributed by atoms with Gasteiger partial charge in [-0.15, -0.1) is 0 Å². The van der Waals surface area contributed by atoms with Crippen LogP contribution in [0.15, 0.2) is 30.6 Å². The van der Waals surface area contributed by atoms with Crippen LogP contribution in [0.2, 0.25) is 6.32 Å². The van der Waals surface area contributed by atoms with Gasteiger partial charge in [-0.05, 0) is 24.9 Å². The molecule has 1 heterocycles. The summed E-state index contributed by atoms with van der Waals surface area (Å²) in [7, 11) is -1.18. The van der Waals surface area contributed by atoms with Crippen molar-refractivity contribution in [2.45, 2.75) is 25.7 Å². The zero-order valence-corrected chi connectivity index (χ0v) is 9.08. The van der Waals surface area contributed by atoms with Crippen LogP contribution in [0.1, 0.15) is 12.8 Å². The van der Waals surface area contributed by atoms with Crippen molar-refractivity contribution in [3.8, 4) is 0 Å². The molecule has 2 rings (SSSR count). The van der Waals surface area contributed by atoms with Crippen LogP contribution < -0.4 is 0 Å². The van der Waals surface area contributed by atoms with E-state index < -0.39 is 7.12 Å². The first-order chi connectivity index (χ1) is 7.77. The molecular formula is C11H15BN2O2. The number of aromatic nitrogens is 2. The number of nitrogens with zero attached hydrogens (tertiary/aromatic N) is 2. The summed E-state index contributed by atoms with van der Waals surface area (Å²) >= 11 is 0. The maximum absolute atomic E-state index is 8.72. The molecule has 0 atom stereocenters. The predicted octanol–water partition coefficient (Wildman–Crippen LogP) is 1.29. The normalized spacial score (nSPS) is 10.9. The highest BCUT2D eigenvalue weighted by Gasteiger charge is 2.06. The fourth-order valence-corrected chi connectivity index (χ4v) is 1.80. The van der Waals surface area contributed by atoms with Crippen molar-refractivity contribution in [1.29, 1.82) is 0 Å². The number of hydrogen-bond acceptors (Lipinski definition) is 3. The van der Waals surface area contributed by atoms with Crippen molar-refractivity contribution in [3.63, 3.8) is 0 Å². The van der Waals surface area contributed by atoms with Crippen LogP contribution in [0.5, 0.6) is 0 Å². The highest BCUT2D eigenvalue weighted by atomic mass is 16.4. The molecule has 0 amide bonds. The Hall–Kier alpha value is -1.33. The summed E-state index contributed by atoms with van der Waals surface area (Å²) in [5.74, 6) is 0. The summed E-state index contributed by atoms with van der Waals surface area (Å²) in [5.41, 5.74) is 2.14. The fraction of sp³-hybridized carbons (Fsp3) is 0.364. The van der Waals surface area contributed by atoms with Crippen LogP contribution in [0, 0.1) is 0 Å². The lowest BCUT2D eigenvalue weighted by molar-refractivity contribution is 0.401. The smallest absolute Gasteiger partial charge is 0.427 e. The summed E-state index contributed by atoms with van der Waals surface area (Å²) in [6, 6.07) is 8.01. The Balaban J connectivity index is 1.94. The van der Waals surface area contributed by atoms with E-state index in [1.807, 2.05) is 30.6 Å². The molecule has 0 aliphatic carbocycles. The molecule has 0 radical (unpaired) electrons. The highest BCUT2D eigenvalue weighted by molar-refractivity contribution is 6.40.